The summed E-state index contributed by atoms with van der Waals surface area (Å²) in [6.45, 7) is 1.60. The fourth-order valence-corrected chi connectivity index (χ4v) is 2.05. The van der Waals surface area contributed by atoms with Gasteiger partial charge in [-0.25, -0.2) is 0 Å². The molecule has 4 nitrogen and oxygen atoms in total. The minimum Gasteiger partial charge on any atom is -0.423 e. The summed E-state index contributed by atoms with van der Waals surface area (Å²) in [6.07, 6.45) is 1.60. The highest BCUT2D eigenvalue weighted by Gasteiger charge is 2.18. The Balaban J connectivity index is 2.09. The van der Waals surface area contributed by atoms with Gasteiger partial charge in [-0.15, -0.1) is 0 Å². The number of hydrogen-bond acceptors (Lipinski definition) is 4. The van der Waals surface area contributed by atoms with Crippen molar-refractivity contribution in [2.45, 2.75) is 18.9 Å². The zero-order valence-corrected chi connectivity index (χ0v) is 9.08. The standard InChI is InChI=1S/C11H16BNO3/c14-11-2-1-7-13(8-11)10-5-3-9(4-6-10)12(15)16/h3-6,11,14-16H,1-2,7-8H2. The summed E-state index contributed by atoms with van der Waals surface area (Å²) in [7, 11) is -1.42. The van der Waals surface area contributed by atoms with E-state index in [4.69, 9.17) is 10.0 Å². The average molecular weight is 221 g/mol. The Kier molecular flexibility index (Phi) is 3.48. The Morgan fingerprint density at radius 3 is 2.44 bits per heavy atom. The van der Waals surface area contributed by atoms with E-state index < -0.39 is 7.12 Å². The van der Waals surface area contributed by atoms with Gasteiger partial charge < -0.3 is 20.1 Å². The van der Waals surface area contributed by atoms with Gasteiger partial charge in [-0.1, -0.05) is 12.1 Å². The molecule has 0 amide bonds. The molecule has 3 N–H and O–H groups in total. The van der Waals surface area contributed by atoms with E-state index in [0.29, 0.717) is 12.0 Å². The first-order valence-corrected chi connectivity index (χ1v) is 5.56. The van der Waals surface area contributed by atoms with Crippen LogP contribution in [0, 0.1) is 0 Å². The maximum atomic E-state index is 9.56. The summed E-state index contributed by atoms with van der Waals surface area (Å²) in [5, 5.41) is 27.5. The van der Waals surface area contributed by atoms with Crippen LogP contribution in [0.2, 0.25) is 0 Å². The lowest BCUT2D eigenvalue weighted by atomic mass is 9.80. The Morgan fingerprint density at radius 2 is 1.88 bits per heavy atom. The fraction of sp³-hybridized carbons (Fsp3) is 0.455. The van der Waals surface area contributed by atoms with E-state index in [1.807, 2.05) is 12.1 Å². The van der Waals surface area contributed by atoms with E-state index in [1.165, 1.54) is 0 Å². The van der Waals surface area contributed by atoms with Gasteiger partial charge >= 0.3 is 7.12 Å². The second-order valence-electron chi connectivity index (χ2n) is 4.21. The molecule has 0 radical (unpaired) electrons. The van der Waals surface area contributed by atoms with Crippen LogP contribution in [-0.4, -0.2) is 41.5 Å². The van der Waals surface area contributed by atoms with Crippen LogP contribution in [0.4, 0.5) is 5.69 Å². The second kappa shape index (κ2) is 4.87. The summed E-state index contributed by atoms with van der Waals surface area (Å²) < 4.78 is 0. The molecule has 0 aliphatic carbocycles. The first kappa shape index (κ1) is 11.5. The van der Waals surface area contributed by atoms with Gasteiger partial charge in [-0.2, -0.15) is 0 Å². The van der Waals surface area contributed by atoms with Crippen molar-refractivity contribution in [3.05, 3.63) is 24.3 Å². The van der Waals surface area contributed by atoms with Crippen molar-refractivity contribution in [2.75, 3.05) is 18.0 Å². The third-order valence-corrected chi connectivity index (χ3v) is 2.95. The number of piperidine rings is 1. The minimum absolute atomic E-state index is 0.253. The molecular weight excluding hydrogens is 205 g/mol. The molecule has 5 heteroatoms. The summed E-state index contributed by atoms with van der Waals surface area (Å²) in [4.78, 5) is 2.11. The molecule has 1 atom stereocenters. The maximum absolute atomic E-state index is 9.56. The molecule has 2 rings (SSSR count). The third kappa shape index (κ3) is 2.55. The van der Waals surface area contributed by atoms with Gasteiger partial charge in [0.2, 0.25) is 0 Å². The normalized spacial score (nSPS) is 20.9. The molecule has 1 fully saturated rings. The number of hydrogen-bond donors (Lipinski definition) is 3. The molecule has 1 aliphatic heterocycles. The lowest BCUT2D eigenvalue weighted by Crippen LogP contribution is -2.38. The second-order valence-corrected chi connectivity index (χ2v) is 4.21. The van der Waals surface area contributed by atoms with E-state index in [-0.39, 0.29) is 6.10 Å². The van der Waals surface area contributed by atoms with Crippen LogP contribution in [0.25, 0.3) is 0 Å². The topological polar surface area (TPSA) is 63.9 Å². The highest BCUT2D eigenvalue weighted by atomic mass is 16.4. The Labute approximate surface area is 95.3 Å². The molecule has 1 aliphatic rings. The van der Waals surface area contributed by atoms with Crippen molar-refractivity contribution in [3.63, 3.8) is 0 Å². The van der Waals surface area contributed by atoms with Crippen LogP contribution < -0.4 is 10.4 Å². The first-order chi connectivity index (χ1) is 7.66. The predicted molar refractivity (Wildman–Crippen MR) is 63.7 cm³/mol. The molecule has 1 aromatic rings. The highest BCUT2D eigenvalue weighted by molar-refractivity contribution is 6.58. The molecule has 16 heavy (non-hydrogen) atoms. The smallest absolute Gasteiger partial charge is 0.423 e. The third-order valence-electron chi connectivity index (χ3n) is 2.95. The molecule has 1 aromatic carbocycles. The van der Waals surface area contributed by atoms with E-state index in [9.17, 15) is 5.11 Å². The van der Waals surface area contributed by atoms with Gasteiger partial charge in [0.1, 0.15) is 0 Å². The Morgan fingerprint density at radius 1 is 1.19 bits per heavy atom. The van der Waals surface area contributed by atoms with E-state index >= 15 is 0 Å². The van der Waals surface area contributed by atoms with E-state index in [0.717, 1.165) is 25.1 Å². The quantitative estimate of drug-likeness (QED) is 0.579. The zero-order valence-electron chi connectivity index (χ0n) is 9.08. The van der Waals surface area contributed by atoms with Crippen molar-refractivity contribution >= 4 is 18.3 Å². The van der Waals surface area contributed by atoms with Crippen LogP contribution >= 0.6 is 0 Å². The van der Waals surface area contributed by atoms with Gasteiger partial charge in [0, 0.05) is 18.8 Å². The van der Waals surface area contributed by atoms with Gasteiger partial charge in [-0.3, -0.25) is 0 Å². The molecule has 0 bridgehead atoms. The SMILES string of the molecule is OB(O)c1ccc(N2CCCC(O)C2)cc1. The Hall–Kier alpha value is -1.04. The summed E-state index contributed by atoms with van der Waals surface area (Å²) in [6, 6.07) is 7.10. The number of anilines is 1. The minimum atomic E-state index is -1.42. The largest absolute Gasteiger partial charge is 0.488 e. The number of β-amino-alcohol motifs (C(OH)–C–C–N with tert-alkyl or cyclic N) is 1. The van der Waals surface area contributed by atoms with Crippen LogP contribution in [0.1, 0.15) is 12.8 Å². The van der Waals surface area contributed by atoms with E-state index in [1.54, 1.807) is 12.1 Å². The van der Waals surface area contributed by atoms with Crippen LogP contribution in [0.5, 0.6) is 0 Å². The molecule has 1 saturated heterocycles. The molecule has 0 saturated carbocycles. The fourth-order valence-electron chi connectivity index (χ4n) is 2.05. The van der Waals surface area contributed by atoms with Gasteiger partial charge in [-0.05, 0) is 30.4 Å². The first-order valence-electron chi connectivity index (χ1n) is 5.56. The summed E-state index contributed by atoms with van der Waals surface area (Å²) in [5.41, 5.74) is 1.50. The van der Waals surface area contributed by atoms with Crippen LogP contribution in [0.15, 0.2) is 24.3 Å². The molecule has 1 heterocycles. The monoisotopic (exact) mass is 221 g/mol. The van der Waals surface area contributed by atoms with Crippen molar-refractivity contribution in [1.29, 1.82) is 0 Å². The van der Waals surface area contributed by atoms with Gasteiger partial charge in [0.05, 0.1) is 6.10 Å². The molecular formula is C11H16BNO3. The predicted octanol–water partition coefficient (Wildman–Crippen LogP) is -0.673. The van der Waals surface area contributed by atoms with Crippen molar-refractivity contribution < 1.29 is 15.2 Å². The van der Waals surface area contributed by atoms with Crippen molar-refractivity contribution in [3.8, 4) is 0 Å². The van der Waals surface area contributed by atoms with E-state index in [2.05, 4.69) is 4.90 Å². The molecule has 0 spiro atoms. The highest BCUT2D eigenvalue weighted by Crippen LogP contribution is 2.18. The number of nitrogens with zero attached hydrogens (tertiary/aromatic N) is 1. The number of benzene rings is 1. The summed E-state index contributed by atoms with van der Waals surface area (Å²) in [5.74, 6) is 0. The van der Waals surface area contributed by atoms with Gasteiger partial charge in [0.15, 0.2) is 0 Å². The Bertz CT molecular complexity index is 342. The van der Waals surface area contributed by atoms with Crippen molar-refractivity contribution in [1.82, 2.24) is 0 Å². The lowest BCUT2D eigenvalue weighted by molar-refractivity contribution is 0.154. The molecule has 1 unspecified atom stereocenters. The number of rotatable bonds is 2. The van der Waals surface area contributed by atoms with Crippen LogP contribution in [0.3, 0.4) is 0 Å². The van der Waals surface area contributed by atoms with Gasteiger partial charge in [0.25, 0.3) is 0 Å². The number of aliphatic hydroxyl groups is 1. The summed E-state index contributed by atoms with van der Waals surface area (Å²) >= 11 is 0. The lowest BCUT2D eigenvalue weighted by Gasteiger charge is -2.32. The maximum Gasteiger partial charge on any atom is 0.488 e. The molecule has 0 aromatic heterocycles. The zero-order chi connectivity index (χ0) is 11.5. The van der Waals surface area contributed by atoms with Crippen molar-refractivity contribution in [2.24, 2.45) is 0 Å². The van der Waals surface area contributed by atoms with Crippen LogP contribution in [-0.2, 0) is 0 Å². The average Bonchev–Trinajstić information content (AvgIpc) is 2.29. The number of aliphatic hydroxyl groups excluding tert-OH is 1. The molecule has 86 valence electrons.